The highest BCUT2D eigenvalue weighted by molar-refractivity contribution is 5.92. The number of allylic oxidation sites excluding steroid dienone is 5. The summed E-state index contributed by atoms with van der Waals surface area (Å²) in [5.41, 5.74) is 27.2. The Morgan fingerprint density at radius 1 is 0.478 bits per heavy atom. The number of benzene rings is 9. The maximum Gasteiger partial charge on any atom is 0.0716 e. The predicted octanol–water partition coefficient (Wildman–Crippen LogP) is 17.3. The van der Waals surface area contributed by atoms with E-state index in [0.29, 0.717) is 0 Å². The van der Waals surface area contributed by atoms with Crippen LogP contribution in [0.5, 0.6) is 0 Å². The van der Waals surface area contributed by atoms with Crippen LogP contribution in [0.3, 0.4) is 0 Å². The van der Waals surface area contributed by atoms with Gasteiger partial charge in [-0.25, -0.2) is 0 Å². The van der Waals surface area contributed by atoms with Crippen LogP contribution in [0, 0.1) is 13.8 Å². The van der Waals surface area contributed by atoms with Crippen molar-refractivity contribution in [1.29, 1.82) is 0 Å². The smallest absolute Gasteiger partial charge is 0.0716 e. The lowest BCUT2D eigenvalue weighted by Gasteiger charge is -2.36. The van der Waals surface area contributed by atoms with Gasteiger partial charge in [-0.3, -0.25) is 0 Å². The van der Waals surface area contributed by atoms with E-state index in [1.165, 1.54) is 117 Å². The Balaban J connectivity index is 1.03. The van der Waals surface area contributed by atoms with E-state index in [-0.39, 0.29) is 5.41 Å². The lowest BCUT2D eigenvalue weighted by molar-refractivity contribution is 0.660. The molecule has 0 bridgehead atoms. The zero-order valence-corrected chi connectivity index (χ0v) is 40.3. The van der Waals surface area contributed by atoms with Crippen molar-refractivity contribution in [3.63, 3.8) is 0 Å². The van der Waals surface area contributed by atoms with Crippen LogP contribution < -0.4 is 0 Å². The topological polar surface area (TPSA) is 0 Å². The molecule has 12 rings (SSSR count). The fraction of sp³-hybridized carbons (Fsp3) is 0.130. The highest BCUT2D eigenvalue weighted by Gasteiger charge is 2.49. The van der Waals surface area contributed by atoms with Crippen molar-refractivity contribution in [2.45, 2.75) is 57.3 Å². The van der Waals surface area contributed by atoms with E-state index in [2.05, 4.69) is 259 Å². The van der Waals surface area contributed by atoms with Crippen LogP contribution in [0.25, 0.3) is 44.5 Å². The quantitative estimate of drug-likeness (QED) is 0.127. The summed E-state index contributed by atoms with van der Waals surface area (Å²) >= 11 is 0. The van der Waals surface area contributed by atoms with E-state index < -0.39 is 10.8 Å². The number of hydrogen-bond donors (Lipinski definition) is 0. The Bertz CT molecular complexity index is 3600. The average Bonchev–Trinajstić information content (AvgIpc) is 3.94. The van der Waals surface area contributed by atoms with Gasteiger partial charge in [-0.1, -0.05) is 244 Å². The summed E-state index contributed by atoms with van der Waals surface area (Å²) in [5, 5.41) is 0. The van der Waals surface area contributed by atoms with Gasteiger partial charge in [0.25, 0.3) is 0 Å². The average molecular weight is 885 g/mol. The molecule has 2 unspecified atom stereocenters. The molecular weight excluding hydrogens is 829 g/mol. The van der Waals surface area contributed by atoms with Gasteiger partial charge in [-0.15, -0.1) is 0 Å². The summed E-state index contributed by atoms with van der Waals surface area (Å²) in [6.07, 6.45) is 7.71. The van der Waals surface area contributed by atoms with E-state index in [4.69, 9.17) is 6.58 Å². The molecule has 332 valence electrons. The van der Waals surface area contributed by atoms with E-state index in [1.54, 1.807) is 0 Å². The minimum Gasteiger partial charge on any atom is -0.0955 e. The molecule has 0 amide bonds. The predicted molar refractivity (Wildman–Crippen MR) is 290 cm³/mol. The SMILES string of the molecule is C=C(C=C(C=CC)C1(c2ccccc2)c2ccc(-c3cccc(C4(c5ccccc5)c5ccccc5-c5ccc(C)cc54)c3)cc2-c2cccc(C)c21)Cc1cccc2c1-c1ccccc1C2(C)C. The summed E-state index contributed by atoms with van der Waals surface area (Å²) in [7, 11) is 0. The first kappa shape index (κ1) is 42.5. The van der Waals surface area contributed by atoms with Gasteiger partial charge in [-0.05, 0) is 151 Å². The van der Waals surface area contributed by atoms with Crippen molar-refractivity contribution in [1.82, 2.24) is 0 Å². The van der Waals surface area contributed by atoms with E-state index >= 15 is 0 Å². The van der Waals surface area contributed by atoms with Gasteiger partial charge in [0.05, 0.1) is 10.8 Å². The molecular formula is C69H56. The Labute approximate surface area is 408 Å². The molecule has 0 saturated carbocycles. The number of aryl methyl sites for hydroxylation is 2. The van der Waals surface area contributed by atoms with E-state index in [0.717, 1.165) is 12.0 Å². The van der Waals surface area contributed by atoms with Gasteiger partial charge in [0, 0.05) is 5.41 Å². The van der Waals surface area contributed by atoms with Gasteiger partial charge < -0.3 is 0 Å². The van der Waals surface area contributed by atoms with Crippen LogP contribution in [0.1, 0.15) is 87.5 Å². The van der Waals surface area contributed by atoms with Gasteiger partial charge in [0.1, 0.15) is 0 Å². The van der Waals surface area contributed by atoms with Gasteiger partial charge in [0.2, 0.25) is 0 Å². The number of rotatable bonds is 9. The lowest BCUT2D eigenvalue weighted by Crippen LogP contribution is -2.30. The molecule has 0 heterocycles. The largest absolute Gasteiger partial charge is 0.0955 e. The molecule has 3 aliphatic carbocycles. The third-order valence-electron chi connectivity index (χ3n) is 15.9. The molecule has 0 heteroatoms. The van der Waals surface area contributed by atoms with Crippen molar-refractivity contribution in [3.05, 3.63) is 309 Å². The maximum atomic E-state index is 4.87. The van der Waals surface area contributed by atoms with Crippen molar-refractivity contribution in [2.24, 2.45) is 0 Å². The second-order valence-corrected chi connectivity index (χ2v) is 20.1. The molecule has 3 aliphatic rings. The Kier molecular flexibility index (Phi) is 9.98. The molecule has 0 saturated heterocycles. The standard InChI is InChI=1S/C69H56/c1-7-21-53(41-46(3)40-50-24-20-35-63-65(50)58-31-15-16-33-60(58)67(63,5)6)69(52-27-12-9-13-28-52)62-39-37-49(44-59(62)57-32-18-22-47(4)66(57)69)48-23-19-29-54(43-48)68(51-25-10-8-11-26-51)61-34-17-14-30-55(61)56-38-36-45(2)42-64(56)68/h7-39,41-44H,3,40H2,1-2,4-6H3. The Hall–Kier alpha value is -7.80. The number of hydrogen-bond acceptors (Lipinski definition) is 0. The molecule has 9 aromatic rings. The molecule has 0 spiro atoms. The van der Waals surface area contributed by atoms with Gasteiger partial charge in [-0.2, -0.15) is 0 Å². The van der Waals surface area contributed by atoms with Gasteiger partial charge >= 0.3 is 0 Å². The first-order valence-corrected chi connectivity index (χ1v) is 24.6. The fourth-order valence-electron chi connectivity index (χ4n) is 13.0. The van der Waals surface area contributed by atoms with E-state index in [1.807, 2.05) is 0 Å². The highest BCUT2D eigenvalue weighted by Crippen LogP contribution is 2.60. The van der Waals surface area contributed by atoms with Crippen molar-refractivity contribution < 1.29 is 0 Å². The van der Waals surface area contributed by atoms with E-state index in [9.17, 15) is 0 Å². The zero-order valence-electron chi connectivity index (χ0n) is 40.3. The molecule has 0 aromatic heterocycles. The molecule has 0 radical (unpaired) electrons. The Morgan fingerprint density at radius 3 is 1.88 bits per heavy atom. The van der Waals surface area contributed by atoms with Crippen LogP contribution >= 0.6 is 0 Å². The third kappa shape index (κ3) is 6.21. The second-order valence-electron chi connectivity index (χ2n) is 20.1. The summed E-state index contributed by atoms with van der Waals surface area (Å²) < 4.78 is 0. The van der Waals surface area contributed by atoms with Crippen LogP contribution in [-0.4, -0.2) is 0 Å². The normalized spacial score (nSPS) is 18.0. The Morgan fingerprint density at radius 2 is 1.10 bits per heavy atom. The summed E-state index contributed by atoms with van der Waals surface area (Å²) in [4.78, 5) is 0. The van der Waals surface area contributed by atoms with Crippen LogP contribution in [0.2, 0.25) is 0 Å². The maximum absolute atomic E-state index is 4.87. The van der Waals surface area contributed by atoms with Crippen LogP contribution in [0.4, 0.5) is 0 Å². The molecule has 0 nitrogen and oxygen atoms in total. The summed E-state index contributed by atoms with van der Waals surface area (Å²) in [6, 6.07) is 77.8. The molecule has 0 N–H and O–H groups in total. The molecule has 69 heavy (non-hydrogen) atoms. The van der Waals surface area contributed by atoms with Crippen molar-refractivity contribution in [3.8, 4) is 44.5 Å². The lowest BCUT2D eigenvalue weighted by atomic mass is 9.65. The highest BCUT2D eigenvalue weighted by atomic mass is 14.5. The first-order valence-electron chi connectivity index (χ1n) is 24.6. The van der Waals surface area contributed by atoms with Crippen molar-refractivity contribution in [2.75, 3.05) is 0 Å². The minimum atomic E-state index is -0.590. The molecule has 0 aliphatic heterocycles. The second kappa shape index (κ2) is 16.2. The molecule has 9 aromatic carbocycles. The molecule has 2 atom stereocenters. The monoisotopic (exact) mass is 884 g/mol. The minimum absolute atomic E-state index is 0.0582. The summed E-state index contributed by atoms with van der Waals surface area (Å²) in [5.74, 6) is 0. The first-order chi connectivity index (χ1) is 33.7. The fourth-order valence-corrected chi connectivity index (χ4v) is 13.0. The zero-order chi connectivity index (χ0) is 47.1. The van der Waals surface area contributed by atoms with Crippen LogP contribution in [0.15, 0.2) is 242 Å². The third-order valence-corrected chi connectivity index (χ3v) is 15.9. The van der Waals surface area contributed by atoms with Crippen LogP contribution in [-0.2, 0) is 22.7 Å². The number of fused-ring (bicyclic) bond motifs is 9. The molecule has 0 fully saturated rings. The van der Waals surface area contributed by atoms with Crippen molar-refractivity contribution >= 4 is 0 Å². The summed E-state index contributed by atoms with van der Waals surface area (Å²) in [6.45, 7) is 16.2. The van der Waals surface area contributed by atoms with Gasteiger partial charge in [0.15, 0.2) is 0 Å².